The number of benzene rings is 2. The molecule has 2 aromatic carbocycles. The summed E-state index contributed by atoms with van der Waals surface area (Å²) in [5.74, 6) is -4.61. The van der Waals surface area contributed by atoms with E-state index < -0.39 is 46.9 Å². The van der Waals surface area contributed by atoms with Crippen LogP contribution < -0.4 is 0 Å². The largest absolute Gasteiger partial charge is 0.460 e. The molecule has 2 nitrogen and oxygen atoms in total. The summed E-state index contributed by atoms with van der Waals surface area (Å²) in [5, 5.41) is 0. The molecule has 148 valence electrons. The minimum atomic E-state index is -1.11. The van der Waals surface area contributed by atoms with Crippen molar-refractivity contribution in [1.82, 2.24) is 0 Å². The SMILES string of the molecule is CC1(C)C(C=C(Cl)Cl)C1C(=O)OCc1c(F)cc(F)c(-c2ccccc2)c1F. The summed E-state index contributed by atoms with van der Waals surface area (Å²) in [7, 11) is 0. The van der Waals surface area contributed by atoms with E-state index >= 15 is 0 Å². The van der Waals surface area contributed by atoms with E-state index in [1.807, 2.05) is 13.8 Å². The van der Waals surface area contributed by atoms with Gasteiger partial charge in [-0.15, -0.1) is 0 Å². The van der Waals surface area contributed by atoms with E-state index in [4.69, 9.17) is 27.9 Å². The molecule has 1 fully saturated rings. The van der Waals surface area contributed by atoms with Crippen molar-refractivity contribution >= 4 is 29.2 Å². The first-order chi connectivity index (χ1) is 13.1. The Kier molecular flexibility index (Phi) is 5.78. The molecule has 2 aromatic rings. The van der Waals surface area contributed by atoms with E-state index in [9.17, 15) is 18.0 Å². The van der Waals surface area contributed by atoms with Gasteiger partial charge in [-0.2, -0.15) is 0 Å². The number of halogens is 5. The van der Waals surface area contributed by atoms with Crippen molar-refractivity contribution in [3.05, 3.63) is 70.0 Å². The lowest BCUT2D eigenvalue weighted by Crippen LogP contribution is -2.13. The van der Waals surface area contributed by atoms with E-state index in [-0.39, 0.29) is 21.5 Å². The van der Waals surface area contributed by atoms with Crippen molar-refractivity contribution in [2.24, 2.45) is 17.3 Å². The predicted octanol–water partition coefficient (Wildman–Crippen LogP) is 6.41. The molecule has 2 atom stereocenters. The summed E-state index contributed by atoms with van der Waals surface area (Å²) in [6.07, 6.45) is 1.54. The maximum atomic E-state index is 14.8. The van der Waals surface area contributed by atoms with Gasteiger partial charge in [-0.05, 0) is 23.0 Å². The summed E-state index contributed by atoms with van der Waals surface area (Å²) in [6, 6.07) is 8.53. The molecule has 28 heavy (non-hydrogen) atoms. The van der Waals surface area contributed by atoms with E-state index in [1.54, 1.807) is 24.3 Å². The molecule has 0 amide bonds. The van der Waals surface area contributed by atoms with Crippen LogP contribution >= 0.6 is 23.2 Å². The monoisotopic (exact) mass is 428 g/mol. The predicted molar refractivity (Wildman–Crippen MR) is 102 cm³/mol. The molecule has 2 unspecified atom stereocenters. The molecule has 7 heteroatoms. The highest BCUT2D eigenvalue weighted by molar-refractivity contribution is 6.55. The lowest BCUT2D eigenvalue weighted by molar-refractivity contribution is -0.147. The van der Waals surface area contributed by atoms with Gasteiger partial charge in [0, 0.05) is 6.07 Å². The Balaban J connectivity index is 1.82. The van der Waals surface area contributed by atoms with Crippen LogP contribution in [0.3, 0.4) is 0 Å². The fourth-order valence-electron chi connectivity index (χ4n) is 3.44. The zero-order chi connectivity index (χ0) is 20.6. The molecule has 0 aromatic heterocycles. The van der Waals surface area contributed by atoms with Crippen LogP contribution in [0, 0.1) is 34.7 Å². The molecule has 0 N–H and O–H groups in total. The Hall–Kier alpha value is -1.98. The van der Waals surface area contributed by atoms with Crippen molar-refractivity contribution in [1.29, 1.82) is 0 Å². The molecule has 0 bridgehead atoms. The summed E-state index contributed by atoms with van der Waals surface area (Å²) in [5.41, 5.74) is -1.04. The number of hydrogen-bond donors (Lipinski definition) is 0. The topological polar surface area (TPSA) is 26.3 Å². The van der Waals surface area contributed by atoms with Crippen LogP contribution in [0.4, 0.5) is 13.2 Å². The first-order valence-corrected chi connectivity index (χ1v) is 9.31. The summed E-state index contributed by atoms with van der Waals surface area (Å²) in [6.45, 7) is 3.03. The Bertz CT molecular complexity index is 938. The van der Waals surface area contributed by atoms with Gasteiger partial charge in [0.05, 0.1) is 17.0 Å². The van der Waals surface area contributed by atoms with Crippen molar-refractivity contribution in [3.63, 3.8) is 0 Å². The van der Waals surface area contributed by atoms with Crippen LogP contribution in [0.15, 0.2) is 47.0 Å². The number of hydrogen-bond acceptors (Lipinski definition) is 2. The van der Waals surface area contributed by atoms with Gasteiger partial charge >= 0.3 is 5.97 Å². The number of allylic oxidation sites excluding steroid dienone is 1. The summed E-state index contributed by atoms with van der Waals surface area (Å²) >= 11 is 11.3. The third-order valence-corrected chi connectivity index (χ3v) is 5.41. The summed E-state index contributed by atoms with van der Waals surface area (Å²) in [4.78, 5) is 12.4. The normalized spacial score (nSPS) is 19.8. The van der Waals surface area contributed by atoms with Gasteiger partial charge in [0.15, 0.2) is 0 Å². The molecule has 0 spiro atoms. The van der Waals surface area contributed by atoms with Gasteiger partial charge in [0.2, 0.25) is 0 Å². The van der Waals surface area contributed by atoms with Crippen LogP contribution in [0.1, 0.15) is 19.4 Å². The molecule has 1 aliphatic carbocycles. The molecule has 0 heterocycles. The Morgan fingerprint density at radius 1 is 1.14 bits per heavy atom. The second kappa shape index (κ2) is 7.80. The average Bonchev–Trinajstić information content (AvgIpc) is 3.14. The second-order valence-electron chi connectivity index (χ2n) is 7.26. The summed E-state index contributed by atoms with van der Waals surface area (Å²) < 4.78 is 48.3. The quantitative estimate of drug-likeness (QED) is 0.514. The highest BCUT2D eigenvalue weighted by atomic mass is 35.5. The number of carbonyl (C=O) groups is 1. The molecule has 1 aliphatic rings. The number of ether oxygens (including phenoxy) is 1. The molecular formula is C21H17Cl2F3O2. The zero-order valence-electron chi connectivity index (χ0n) is 15.1. The van der Waals surface area contributed by atoms with Crippen molar-refractivity contribution in [3.8, 4) is 11.1 Å². The number of carbonyl (C=O) groups excluding carboxylic acids is 1. The van der Waals surface area contributed by atoms with Crippen LogP contribution in [-0.4, -0.2) is 5.97 Å². The molecule has 3 rings (SSSR count). The molecule has 0 radical (unpaired) electrons. The molecule has 0 aliphatic heterocycles. The fourth-order valence-corrected chi connectivity index (χ4v) is 3.71. The van der Waals surface area contributed by atoms with Crippen LogP contribution in [0.5, 0.6) is 0 Å². The number of esters is 1. The van der Waals surface area contributed by atoms with E-state index in [0.29, 0.717) is 6.07 Å². The van der Waals surface area contributed by atoms with Gasteiger partial charge in [-0.25, -0.2) is 13.2 Å². The first kappa shape index (κ1) is 20.7. The van der Waals surface area contributed by atoms with Gasteiger partial charge < -0.3 is 4.74 Å². The van der Waals surface area contributed by atoms with Gasteiger partial charge in [0.1, 0.15) is 28.6 Å². The van der Waals surface area contributed by atoms with Crippen molar-refractivity contribution < 1.29 is 22.7 Å². The lowest BCUT2D eigenvalue weighted by atomic mass is 10.0. The minimum absolute atomic E-state index is 0.0384. The van der Waals surface area contributed by atoms with Gasteiger partial charge in [0.25, 0.3) is 0 Å². The molecule has 1 saturated carbocycles. The molecule has 0 saturated heterocycles. The van der Waals surface area contributed by atoms with Crippen LogP contribution in [0.25, 0.3) is 11.1 Å². The highest BCUT2D eigenvalue weighted by Gasteiger charge is 2.61. The lowest BCUT2D eigenvalue weighted by Gasteiger charge is -2.12. The van der Waals surface area contributed by atoms with E-state index in [2.05, 4.69) is 0 Å². The third-order valence-electron chi connectivity index (χ3n) is 5.16. The van der Waals surface area contributed by atoms with Crippen LogP contribution in [-0.2, 0) is 16.1 Å². The minimum Gasteiger partial charge on any atom is -0.460 e. The Labute approximate surface area is 170 Å². The highest BCUT2D eigenvalue weighted by Crippen LogP contribution is 2.60. The van der Waals surface area contributed by atoms with E-state index in [1.165, 1.54) is 12.1 Å². The zero-order valence-corrected chi connectivity index (χ0v) is 16.6. The number of rotatable bonds is 5. The Morgan fingerprint density at radius 3 is 2.39 bits per heavy atom. The molecular weight excluding hydrogens is 412 g/mol. The van der Waals surface area contributed by atoms with Gasteiger partial charge in [-0.3, -0.25) is 4.79 Å². The van der Waals surface area contributed by atoms with Crippen molar-refractivity contribution in [2.45, 2.75) is 20.5 Å². The third kappa shape index (κ3) is 3.91. The smallest absolute Gasteiger partial charge is 0.310 e. The fraction of sp³-hybridized carbons (Fsp3) is 0.286. The average molecular weight is 429 g/mol. The Morgan fingerprint density at radius 2 is 1.79 bits per heavy atom. The van der Waals surface area contributed by atoms with Crippen molar-refractivity contribution in [2.75, 3.05) is 0 Å². The maximum absolute atomic E-state index is 14.8. The standard InChI is InChI=1S/C21H17Cl2F3O2/c1-21(2)13(8-16(22)23)18(21)20(27)28-10-12-14(24)9-15(25)17(19(12)26)11-6-4-3-5-7-11/h3-9,13,18H,10H2,1-2H3. The second-order valence-corrected chi connectivity index (χ2v) is 8.27. The van der Waals surface area contributed by atoms with E-state index in [0.717, 1.165) is 0 Å². The van der Waals surface area contributed by atoms with Crippen LogP contribution in [0.2, 0.25) is 0 Å². The van der Waals surface area contributed by atoms with Gasteiger partial charge in [-0.1, -0.05) is 67.4 Å². The maximum Gasteiger partial charge on any atom is 0.310 e. The first-order valence-electron chi connectivity index (χ1n) is 8.55.